The Hall–Kier alpha value is -0.0400. The molecule has 1 aliphatic carbocycles. The van der Waals surface area contributed by atoms with Crippen LogP contribution in [0.5, 0.6) is 0 Å². The maximum absolute atomic E-state index is 3.89. The first-order valence-corrected chi connectivity index (χ1v) is 7.81. The maximum Gasteiger partial charge on any atom is 0.0100 e. The second-order valence-electron chi connectivity index (χ2n) is 6.52. The largest absolute Gasteiger partial charge is 0.313 e. The van der Waals surface area contributed by atoms with E-state index in [0.29, 0.717) is 0 Å². The van der Waals surface area contributed by atoms with Crippen LogP contribution in [-0.4, -0.2) is 12.6 Å². The molecule has 1 fully saturated rings. The van der Waals surface area contributed by atoms with E-state index in [1.54, 1.807) is 0 Å². The zero-order valence-corrected chi connectivity index (χ0v) is 12.6. The Kier molecular flexibility index (Phi) is 6.54. The van der Waals surface area contributed by atoms with Crippen LogP contribution >= 0.6 is 0 Å². The molecule has 0 bridgehead atoms. The smallest absolute Gasteiger partial charge is 0.0100 e. The maximum atomic E-state index is 3.89. The predicted molar refractivity (Wildman–Crippen MR) is 77.2 cm³/mol. The highest BCUT2D eigenvalue weighted by Gasteiger charge is 2.30. The fraction of sp³-hybridized carbons (Fsp3) is 1.00. The highest BCUT2D eigenvalue weighted by atomic mass is 14.9. The summed E-state index contributed by atoms with van der Waals surface area (Å²) >= 11 is 0. The van der Waals surface area contributed by atoms with E-state index in [9.17, 15) is 0 Å². The van der Waals surface area contributed by atoms with Crippen molar-refractivity contribution in [3.05, 3.63) is 0 Å². The van der Waals surface area contributed by atoms with E-state index in [0.717, 1.165) is 29.7 Å². The van der Waals surface area contributed by atoms with Crippen LogP contribution in [0, 0.1) is 23.7 Å². The van der Waals surface area contributed by atoms with E-state index in [2.05, 4.69) is 39.9 Å². The van der Waals surface area contributed by atoms with Gasteiger partial charge < -0.3 is 5.32 Å². The molecule has 3 atom stereocenters. The van der Waals surface area contributed by atoms with Crippen molar-refractivity contribution in [3.63, 3.8) is 0 Å². The number of nitrogens with one attached hydrogen (secondary N) is 1. The average molecular weight is 239 g/mol. The van der Waals surface area contributed by atoms with Crippen LogP contribution in [0.25, 0.3) is 0 Å². The molecule has 1 saturated carbocycles. The highest BCUT2D eigenvalue weighted by molar-refractivity contribution is 4.85. The van der Waals surface area contributed by atoms with Gasteiger partial charge in [0.1, 0.15) is 0 Å². The van der Waals surface area contributed by atoms with Gasteiger partial charge in [-0.1, -0.05) is 53.9 Å². The van der Waals surface area contributed by atoms with Crippen molar-refractivity contribution in [1.29, 1.82) is 0 Å². The number of hydrogen-bond acceptors (Lipinski definition) is 1. The van der Waals surface area contributed by atoms with Gasteiger partial charge in [-0.2, -0.15) is 0 Å². The Morgan fingerprint density at radius 3 is 2.29 bits per heavy atom. The van der Waals surface area contributed by atoms with E-state index in [1.807, 2.05) is 0 Å². The minimum Gasteiger partial charge on any atom is -0.313 e. The molecule has 0 aromatic carbocycles. The molecule has 0 amide bonds. The summed E-state index contributed by atoms with van der Waals surface area (Å²) in [4.78, 5) is 0. The van der Waals surface area contributed by atoms with Gasteiger partial charge in [0.25, 0.3) is 0 Å². The van der Waals surface area contributed by atoms with Gasteiger partial charge in [0, 0.05) is 6.04 Å². The molecular formula is C16H33N. The average Bonchev–Trinajstić information content (AvgIpc) is 2.30. The lowest BCUT2D eigenvalue weighted by molar-refractivity contribution is 0.164. The van der Waals surface area contributed by atoms with Crippen molar-refractivity contribution in [2.75, 3.05) is 6.54 Å². The topological polar surface area (TPSA) is 12.0 Å². The molecule has 0 heterocycles. The van der Waals surface area contributed by atoms with Crippen LogP contribution < -0.4 is 5.32 Å². The van der Waals surface area contributed by atoms with Crippen molar-refractivity contribution >= 4 is 0 Å². The molecule has 1 nitrogen and oxygen atoms in total. The molecule has 0 aromatic heterocycles. The fourth-order valence-corrected chi connectivity index (χ4v) is 3.33. The Morgan fingerprint density at radius 1 is 1.12 bits per heavy atom. The third-order valence-corrected chi connectivity index (χ3v) is 4.85. The molecule has 1 heteroatoms. The first-order valence-electron chi connectivity index (χ1n) is 7.81. The van der Waals surface area contributed by atoms with E-state index in [-0.39, 0.29) is 0 Å². The van der Waals surface area contributed by atoms with E-state index in [1.165, 1.54) is 38.6 Å². The summed E-state index contributed by atoms with van der Waals surface area (Å²) in [7, 11) is 0. The third-order valence-electron chi connectivity index (χ3n) is 4.85. The van der Waals surface area contributed by atoms with Crippen molar-refractivity contribution in [3.8, 4) is 0 Å². The quantitative estimate of drug-likeness (QED) is 0.721. The second kappa shape index (κ2) is 7.41. The molecule has 0 spiro atoms. The molecule has 1 aliphatic rings. The van der Waals surface area contributed by atoms with Crippen LogP contribution in [0.3, 0.4) is 0 Å². The van der Waals surface area contributed by atoms with E-state index >= 15 is 0 Å². The summed E-state index contributed by atoms with van der Waals surface area (Å²) in [5.41, 5.74) is 0. The minimum absolute atomic E-state index is 0.777. The minimum atomic E-state index is 0.777. The molecule has 1 rings (SSSR count). The van der Waals surface area contributed by atoms with Gasteiger partial charge in [-0.15, -0.1) is 0 Å². The lowest BCUT2D eigenvalue weighted by Crippen LogP contribution is -2.44. The summed E-state index contributed by atoms with van der Waals surface area (Å²) < 4.78 is 0. The molecule has 102 valence electrons. The summed E-state index contributed by atoms with van der Waals surface area (Å²) in [5, 5.41) is 3.89. The number of rotatable bonds is 6. The van der Waals surface area contributed by atoms with Crippen LogP contribution in [0.15, 0.2) is 0 Å². The first kappa shape index (κ1) is 15.0. The standard InChI is InChI=1S/C16H33N/c1-6-14(7-2)11-17-16-10-13(5)8-9-15(16)12(3)4/h12-17H,6-11H2,1-5H3. The summed E-state index contributed by atoms with van der Waals surface area (Å²) in [5.74, 6) is 3.53. The van der Waals surface area contributed by atoms with Gasteiger partial charge in [0.2, 0.25) is 0 Å². The lowest BCUT2D eigenvalue weighted by atomic mass is 9.74. The Labute approximate surface area is 109 Å². The predicted octanol–water partition coefficient (Wildman–Crippen LogP) is 4.47. The summed E-state index contributed by atoms with van der Waals surface area (Å²) in [6, 6.07) is 0.777. The van der Waals surface area contributed by atoms with Gasteiger partial charge >= 0.3 is 0 Å². The molecular weight excluding hydrogens is 206 g/mol. The van der Waals surface area contributed by atoms with E-state index < -0.39 is 0 Å². The van der Waals surface area contributed by atoms with Gasteiger partial charge in [0.05, 0.1) is 0 Å². The Morgan fingerprint density at radius 2 is 1.76 bits per heavy atom. The van der Waals surface area contributed by atoms with Crippen molar-refractivity contribution in [2.24, 2.45) is 23.7 Å². The normalized spacial score (nSPS) is 30.2. The van der Waals surface area contributed by atoms with Gasteiger partial charge in [-0.25, -0.2) is 0 Å². The summed E-state index contributed by atoms with van der Waals surface area (Å²) in [6.45, 7) is 13.1. The van der Waals surface area contributed by atoms with Crippen LogP contribution in [0.2, 0.25) is 0 Å². The zero-order chi connectivity index (χ0) is 12.8. The highest BCUT2D eigenvalue weighted by Crippen LogP contribution is 2.33. The lowest BCUT2D eigenvalue weighted by Gasteiger charge is -2.38. The first-order chi connectivity index (χ1) is 8.08. The Bertz CT molecular complexity index is 196. The third kappa shape index (κ3) is 4.62. The van der Waals surface area contributed by atoms with Gasteiger partial charge in [-0.05, 0) is 43.1 Å². The monoisotopic (exact) mass is 239 g/mol. The SMILES string of the molecule is CCC(CC)CNC1CC(C)CCC1C(C)C. The van der Waals surface area contributed by atoms with Gasteiger partial charge in [-0.3, -0.25) is 0 Å². The molecule has 3 unspecified atom stereocenters. The second-order valence-corrected chi connectivity index (χ2v) is 6.52. The summed E-state index contributed by atoms with van der Waals surface area (Å²) in [6.07, 6.45) is 6.89. The molecule has 17 heavy (non-hydrogen) atoms. The van der Waals surface area contributed by atoms with Crippen molar-refractivity contribution in [2.45, 2.75) is 72.8 Å². The van der Waals surface area contributed by atoms with Crippen LogP contribution in [0.4, 0.5) is 0 Å². The van der Waals surface area contributed by atoms with Crippen LogP contribution in [-0.2, 0) is 0 Å². The molecule has 1 N–H and O–H groups in total. The van der Waals surface area contributed by atoms with Crippen molar-refractivity contribution < 1.29 is 0 Å². The zero-order valence-electron chi connectivity index (χ0n) is 12.6. The van der Waals surface area contributed by atoms with Crippen LogP contribution in [0.1, 0.15) is 66.7 Å². The number of hydrogen-bond donors (Lipinski definition) is 1. The fourth-order valence-electron chi connectivity index (χ4n) is 3.33. The molecule has 0 aliphatic heterocycles. The van der Waals surface area contributed by atoms with E-state index in [4.69, 9.17) is 0 Å². The molecule has 0 radical (unpaired) electrons. The van der Waals surface area contributed by atoms with Gasteiger partial charge in [0.15, 0.2) is 0 Å². The van der Waals surface area contributed by atoms with Crippen molar-refractivity contribution in [1.82, 2.24) is 5.32 Å². The molecule has 0 aromatic rings. The molecule has 0 saturated heterocycles. The Balaban J connectivity index is 2.46.